The summed E-state index contributed by atoms with van der Waals surface area (Å²) in [7, 11) is 3.06. The van der Waals surface area contributed by atoms with Crippen molar-refractivity contribution in [1.29, 1.82) is 15.8 Å². The van der Waals surface area contributed by atoms with Crippen molar-refractivity contribution in [2.24, 2.45) is 17.1 Å². The molecule has 7 nitrogen and oxygen atoms in total. The smallest absolute Gasteiger partial charge is 0.187 e. The number of para-hydroxylation sites is 1. The molecule has 148 valence electrons. The van der Waals surface area contributed by atoms with Gasteiger partial charge in [0.15, 0.2) is 16.9 Å². The molecule has 0 bridgehead atoms. The topological polar surface area (TPSA) is 119 Å². The Balaban J connectivity index is 2.38. The largest absolute Gasteiger partial charge is 0.493 e. The number of rotatable bonds is 4. The number of nitriles is 3. The lowest BCUT2D eigenvalue weighted by molar-refractivity contribution is 0.212. The first-order valence-corrected chi connectivity index (χ1v) is 9.39. The molecular weight excluding hydrogens is 366 g/mol. The summed E-state index contributed by atoms with van der Waals surface area (Å²) in [5.74, 6) is 0.0938. The highest BCUT2D eigenvalue weighted by molar-refractivity contribution is 5.62. The quantitative estimate of drug-likeness (QED) is 0.840. The number of nitrogens with two attached hydrogens (primary N) is 1. The van der Waals surface area contributed by atoms with Crippen molar-refractivity contribution < 1.29 is 9.47 Å². The Bertz CT molecular complexity index is 991. The first-order valence-electron chi connectivity index (χ1n) is 9.39. The molecule has 7 heteroatoms. The van der Waals surface area contributed by atoms with Gasteiger partial charge in [0.25, 0.3) is 0 Å². The highest BCUT2D eigenvalue weighted by Crippen LogP contribution is 2.56. The van der Waals surface area contributed by atoms with Crippen molar-refractivity contribution in [1.82, 2.24) is 4.90 Å². The Labute approximate surface area is 170 Å². The normalized spacial score (nSPS) is 23.1. The van der Waals surface area contributed by atoms with Crippen molar-refractivity contribution in [3.05, 3.63) is 46.7 Å². The van der Waals surface area contributed by atoms with E-state index in [1.165, 1.54) is 14.2 Å². The van der Waals surface area contributed by atoms with Gasteiger partial charge in [-0.2, -0.15) is 15.8 Å². The maximum Gasteiger partial charge on any atom is 0.187 e. The van der Waals surface area contributed by atoms with E-state index in [4.69, 9.17) is 15.2 Å². The standard InChI is InChI=1S/C22H23N5O2/c1-4-27-9-8-14-16(11-27)19(15-6-5-7-18(28-2)21(15)29-3)22(12-24,13-25)17(10-23)20(14)26/h5-8,16,19H,4,9,11,26H2,1-3H3. The third kappa shape index (κ3) is 2.90. The van der Waals surface area contributed by atoms with Gasteiger partial charge in [0.1, 0.15) is 0 Å². The molecule has 0 fully saturated rings. The van der Waals surface area contributed by atoms with Crippen LogP contribution in [-0.4, -0.2) is 38.8 Å². The van der Waals surface area contributed by atoms with Gasteiger partial charge < -0.3 is 15.2 Å². The fraction of sp³-hybridized carbons (Fsp3) is 0.409. The van der Waals surface area contributed by atoms with Gasteiger partial charge >= 0.3 is 0 Å². The Kier molecular flexibility index (Phi) is 5.50. The number of hydrogen-bond donors (Lipinski definition) is 1. The minimum atomic E-state index is -1.72. The molecule has 0 spiro atoms. The van der Waals surface area contributed by atoms with Crippen molar-refractivity contribution in [3.63, 3.8) is 0 Å². The van der Waals surface area contributed by atoms with Gasteiger partial charge in [-0.3, -0.25) is 4.90 Å². The predicted molar refractivity (Wildman–Crippen MR) is 106 cm³/mol. The zero-order chi connectivity index (χ0) is 21.2. The molecule has 3 rings (SSSR count). The second kappa shape index (κ2) is 7.87. The molecule has 0 amide bonds. The zero-order valence-electron chi connectivity index (χ0n) is 16.8. The highest BCUT2D eigenvalue weighted by Gasteiger charge is 2.55. The molecule has 29 heavy (non-hydrogen) atoms. The van der Waals surface area contributed by atoms with E-state index in [9.17, 15) is 15.8 Å². The molecule has 1 aromatic carbocycles. The van der Waals surface area contributed by atoms with Gasteiger partial charge in [0.05, 0.1) is 43.7 Å². The van der Waals surface area contributed by atoms with Crippen molar-refractivity contribution in [3.8, 4) is 29.7 Å². The van der Waals surface area contributed by atoms with Crippen LogP contribution in [0.4, 0.5) is 0 Å². The molecule has 0 aromatic heterocycles. The first-order chi connectivity index (χ1) is 14.0. The van der Waals surface area contributed by atoms with E-state index in [-0.39, 0.29) is 17.2 Å². The lowest BCUT2D eigenvalue weighted by Gasteiger charge is -2.45. The second-order valence-corrected chi connectivity index (χ2v) is 7.11. The van der Waals surface area contributed by atoms with Gasteiger partial charge in [-0.15, -0.1) is 0 Å². The van der Waals surface area contributed by atoms with Crippen LogP contribution in [0.15, 0.2) is 41.1 Å². The molecule has 2 N–H and O–H groups in total. The summed E-state index contributed by atoms with van der Waals surface area (Å²) >= 11 is 0. The number of methoxy groups -OCH3 is 2. The fourth-order valence-corrected chi connectivity index (χ4v) is 4.53. The third-order valence-corrected chi connectivity index (χ3v) is 5.95. The van der Waals surface area contributed by atoms with Gasteiger partial charge in [-0.05, 0) is 18.2 Å². The van der Waals surface area contributed by atoms with E-state index >= 15 is 0 Å². The van der Waals surface area contributed by atoms with E-state index in [0.717, 1.165) is 12.1 Å². The van der Waals surface area contributed by atoms with Crippen LogP contribution in [0, 0.1) is 45.3 Å². The lowest BCUT2D eigenvalue weighted by Crippen LogP contribution is -2.47. The Hall–Kier alpha value is -3.47. The third-order valence-electron chi connectivity index (χ3n) is 5.95. The summed E-state index contributed by atoms with van der Waals surface area (Å²) in [6.45, 7) is 4.21. The van der Waals surface area contributed by atoms with Crippen LogP contribution < -0.4 is 15.2 Å². The average molecular weight is 389 g/mol. The van der Waals surface area contributed by atoms with Crippen LogP contribution in [0.25, 0.3) is 0 Å². The fourth-order valence-electron chi connectivity index (χ4n) is 4.53. The Morgan fingerprint density at radius 2 is 1.93 bits per heavy atom. The molecule has 0 saturated carbocycles. The molecule has 2 aliphatic rings. The summed E-state index contributed by atoms with van der Waals surface area (Å²) in [5.41, 5.74) is 6.34. The average Bonchev–Trinajstić information content (AvgIpc) is 2.77. The summed E-state index contributed by atoms with van der Waals surface area (Å²) < 4.78 is 11.1. The molecule has 2 unspecified atom stereocenters. The van der Waals surface area contributed by atoms with Crippen LogP contribution in [0.5, 0.6) is 11.5 Å². The molecule has 0 saturated heterocycles. The molecule has 1 aliphatic carbocycles. The SMILES string of the molecule is CCN1CC=C2C(N)=C(C#N)C(C#N)(C#N)C(c3cccc(OC)c3OC)C2C1. The monoisotopic (exact) mass is 389 g/mol. The Morgan fingerprint density at radius 1 is 1.21 bits per heavy atom. The van der Waals surface area contributed by atoms with Gasteiger partial charge in [-0.1, -0.05) is 25.1 Å². The van der Waals surface area contributed by atoms with Crippen molar-refractivity contribution in [2.75, 3.05) is 33.9 Å². The van der Waals surface area contributed by atoms with E-state index in [0.29, 0.717) is 30.2 Å². The summed E-state index contributed by atoms with van der Waals surface area (Å²) in [6, 6.07) is 11.7. The number of benzene rings is 1. The maximum absolute atomic E-state index is 10.2. The van der Waals surface area contributed by atoms with E-state index in [1.807, 2.05) is 12.1 Å². The van der Waals surface area contributed by atoms with Crippen LogP contribution in [0.3, 0.4) is 0 Å². The van der Waals surface area contributed by atoms with Crippen molar-refractivity contribution in [2.45, 2.75) is 12.8 Å². The predicted octanol–water partition coefficient (Wildman–Crippen LogP) is 2.45. The van der Waals surface area contributed by atoms with E-state index < -0.39 is 11.3 Å². The molecule has 0 radical (unpaired) electrons. The van der Waals surface area contributed by atoms with Gasteiger partial charge in [0, 0.05) is 30.5 Å². The van der Waals surface area contributed by atoms with Crippen LogP contribution >= 0.6 is 0 Å². The van der Waals surface area contributed by atoms with Crippen LogP contribution in [0.2, 0.25) is 0 Å². The molecule has 1 heterocycles. The maximum atomic E-state index is 10.2. The summed E-state index contributed by atoms with van der Waals surface area (Å²) in [4.78, 5) is 2.22. The summed E-state index contributed by atoms with van der Waals surface area (Å²) in [6.07, 6.45) is 2.00. The van der Waals surface area contributed by atoms with E-state index in [2.05, 4.69) is 30.0 Å². The highest BCUT2D eigenvalue weighted by atomic mass is 16.5. The molecular formula is C22H23N5O2. The Morgan fingerprint density at radius 3 is 2.48 bits per heavy atom. The minimum Gasteiger partial charge on any atom is -0.493 e. The molecule has 1 aromatic rings. The van der Waals surface area contributed by atoms with Gasteiger partial charge in [0.2, 0.25) is 0 Å². The first kappa shape index (κ1) is 20.3. The second-order valence-electron chi connectivity index (χ2n) is 7.11. The number of ether oxygens (including phenoxy) is 2. The minimum absolute atomic E-state index is 0.00446. The number of hydrogen-bond acceptors (Lipinski definition) is 7. The van der Waals surface area contributed by atoms with E-state index in [1.54, 1.807) is 12.1 Å². The van der Waals surface area contributed by atoms with Crippen molar-refractivity contribution >= 4 is 0 Å². The molecule has 1 aliphatic heterocycles. The number of fused-ring (bicyclic) bond motifs is 1. The van der Waals surface area contributed by atoms with Crippen LogP contribution in [-0.2, 0) is 0 Å². The number of likely N-dealkylation sites (N-methyl/N-ethyl adjacent to an activating group) is 1. The lowest BCUT2D eigenvalue weighted by atomic mass is 9.57. The number of nitrogens with zero attached hydrogens (tertiary/aromatic N) is 4. The zero-order valence-corrected chi connectivity index (χ0v) is 16.8. The molecule has 2 atom stereocenters. The number of allylic oxidation sites excluding steroid dienone is 2. The summed E-state index contributed by atoms with van der Waals surface area (Å²) in [5, 5.41) is 30.2. The van der Waals surface area contributed by atoms with Gasteiger partial charge in [-0.25, -0.2) is 0 Å². The van der Waals surface area contributed by atoms with Crippen LogP contribution in [0.1, 0.15) is 18.4 Å².